The Bertz CT molecular complexity index is 687. The topological polar surface area (TPSA) is 38.3 Å². The Morgan fingerprint density at radius 2 is 1.68 bits per heavy atom. The van der Waals surface area contributed by atoms with Crippen LogP contribution >= 0.6 is 0 Å². The monoisotopic (exact) mass is 343 g/mol. The number of nitrogens with one attached hydrogen (secondary N) is 1. The van der Waals surface area contributed by atoms with Crippen LogP contribution in [0.3, 0.4) is 0 Å². The van der Waals surface area contributed by atoms with Gasteiger partial charge in [-0.1, -0.05) is 45.0 Å². The minimum absolute atomic E-state index is 0.0617. The quantitative estimate of drug-likeness (QED) is 0.828. The van der Waals surface area contributed by atoms with Crippen LogP contribution in [0.15, 0.2) is 48.5 Å². The Morgan fingerprint density at radius 3 is 2.20 bits per heavy atom. The molecule has 1 atom stereocenters. The van der Waals surface area contributed by atoms with E-state index in [2.05, 4.69) is 26.1 Å². The number of hydrogen-bond acceptors (Lipinski definition) is 2. The SMILES string of the molecule is CCOc1ccc(CC(=O)NC(c2ccc(F)cc2)C(C)(C)C)cc1. The smallest absolute Gasteiger partial charge is 0.224 e. The maximum Gasteiger partial charge on any atom is 0.224 e. The molecule has 1 amide bonds. The van der Waals surface area contributed by atoms with Gasteiger partial charge in [0, 0.05) is 0 Å². The largest absolute Gasteiger partial charge is 0.494 e. The van der Waals surface area contributed by atoms with Gasteiger partial charge >= 0.3 is 0 Å². The van der Waals surface area contributed by atoms with E-state index in [-0.39, 0.29) is 23.2 Å². The minimum atomic E-state index is -0.280. The highest BCUT2D eigenvalue weighted by Crippen LogP contribution is 2.32. The van der Waals surface area contributed by atoms with Crippen molar-refractivity contribution >= 4 is 5.91 Å². The van der Waals surface area contributed by atoms with Gasteiger partial charge in [-0.25, -0.2) is 4.39 Å². The van der Waals surface area contributed by atoms with Crippen LogP contribution in [0.2, 0.25) is 0 Å². The fraction of sp³-hybridized carbons (Fsp3) is 0.381. The van der Waals surface area contributed by atoms with E-state index in [0.29, 0.717) is 13.0 Å². The average molecular weight is 343 g/mol. The van der Waals surface area contributed by atoms with Gasteiger partial charge in [0.15, 0.2) is 0 Å². The van der Waals surface area contributed by atoms with Crippen LogP contribution in [-0.4, -0.2) is 12.5 Å². The number of rotatable bonds is 6. The first kappa shape index (κ1) is 19.0. The van der Waals surface area contributed by atoms with Crippen LogP contribution in [0.25, 0.3) is 0 Å². The van der Waals surface area contributed by atoms with Gasteiger partial charge in [0.2, 0.25) is 5.91 Å². The summed E-state index contributed by atoms with van der Waals surface area (Å²) in [5.74, 6) is 0.455. The van der Waals surface area contributed by atoms with Gasteiger partial charge in [0.05, 0.1) is 19.1 Å². The molecule has 0 fully saturated rings. The Kier molecular flexibility index (Phi) is 6.18. The molecule has 0 saturated heterocycles. The van der Waals surface area contributed by atoms with E-state index >= 15 is 0 Å². The summed E-state index contributed by atoms with van der Waals surface area (Å²) in [7, 11) is 0. The molecule has 0 spiro atoms. The molecule has 2 rings (SSSR count). The molecule has 134 valence electrons. The summed E-state index contributed by atoms with van der Waals surface area (Å²) in [6.45, 7) is 8.71. The molecule has 0 aliphatic rings. The lowest BCUT2D eigenvalue weighted by molar-refractivity contribution is -0.122. The zero-order valence-electron chi connectivity index (χ0n) is 15.3. The molecule has 0 saturated carbocycles. The van der Waals surface area contributed by atoms with Crippen molar-refractivity contribution in [2.24, 2.45) is 5.41 Å². The number of ether oxygens (including phenoxy) is 1. The summed E-state index contributed by atoms with van der Waals surface area (Å²) >= 11 is 0. The summed E-state index contributed by atoms with van der Waals surface area (Å²) in [4.78, 5) is 12.5. The third-order valence-electron chi connectivity index (χ3n) is 3.97. The lowest BCUT2D eigenvalue weighted by Crippen LogP contribution is -2.37. The second-order valence-electron chi connectivity index (χ2n) is 7.17. The summed E-state index contributed by atoms with van der Waals surface area (Å²) < 4.78 is 18.6. The predicted octanol–water partition coefficient (Wildman–Crippen LogP) is 4.67. The van der Waals surface area contributed by atoms with E-state index in [4.69, 9.17) is 4.74 Å². The normalized spacial score (nSPS) is 12.5. The summed E-state index contributed by atoms with van der Waals surface area (Å²) in [5.41, 5.74) is 1.63. The highest BCUT2D eigenvalue weighted by Gasteiger charge is 2.27. The third-order valence-corrected chi connectivity index (χ3v) is 3.97. The second-order valence-corrected chi connectivity index (χ2v) is 7.17. The Morgan fingerprint density at radius 1 is 1.08 bits per heavy atom. The maximum absolute atomic E-state index is 13.2. The maximum atomic E-state index is 13.2. The minimum Gasteiger partial charge on any atom is -0.494 e. The predicted molar refractivity (Wildman–Crippen MR) is 98.1 cm³/mol. The Balaban J connectivity index is 2.07. The number of carbonyl (C=O) groups excluding carboxylic acids is 1. The molecule has 1 N–H and O–H groups in total. The fourth-order valence-corrected chi connectivity index (χ4v) is 2.72. The first-order chi connectivity index (χ1) is 11.8. The number of hydrogen-bond donors (Lipinski definition) is 1. The lowest BCUT2D eigenvalue weighted by atomic mass is 9.82. The molecule has 2 aromatic carbocycles. The van der Waals surface area contributed by atoms with Gasteiger partial charge in [-0.15, -0.1) is 0 Å². The second kappa shape index (κ2) is 8.15. The van der Waals surface area contributed by atoms with E-state index in [0.717, 1.165) is 16.9 Å². The van der Waals surface area contributed by atoms with Crippen LogP contribution in [0.5, 0.6) is 5.75 Å². The molecule has 0 heterocycles. The molecule has 0 aromatic heterocycles. The van der Waals surface area contributed by atoms with Crippen molar-refractivity contribution in [3.8, 4) is 5.75 Å². The van der Waals surface area contributed by atoms with E-state index in [9.17, 15) is 9.18 Å². The molecule has 0 radical (unpaired) electrons. The van der Waals surface area contributed by atoms with Crippen molar-refractivity contribution in [1.82, 2.24) is 5.32 Å². The lowest BCUT2D eigenvalue weighted by Gasteiger charge is -2.32. The molecule has 1 unspecified atom stereocenters. The molecule has 0 bridgehead atoms. The van der Waals surface area contributed by atoms with E-state index in [1.165, 1.54) is 12.1 Å². The number of amides is 1. The van der Waals surface area contributed by atoms with Crippen LogP contribution in [0.1, 0.15) is 44.9 Å². The zero-order valence-corrected chi connectivity index (χ0v) is 15.3. The molecule has 25 heavy (non-hydrogen) atoms. The van der Waals surface area contributed by atoms with Crippen molar-refractivity contribution in [1.29, 1.82) is 0 Å². The summed E-state index contributed by atoms with van der Waals surface area (Å²) in [5, 5.41) is 3.09. The Labute approximate surface area is 149 Å². The van der Waals surface area contributed by atoms with Crippen LogP contribution in [0.4, 0.5) is 4.39 Å². The Hall–Kier alpha value is -2.36. The van der Waals surface area contributed by atoms with Crippen molar-refractivity contribution in [3.63, 3.8) is 0 Å². The molecule has 2 aromatic rings. The fourth-order valence-electron chi connectivity index (χ4n) is 2.72. The molecular weight excluding hydrogens is 317 g/mol. The van der Waals surface area contributed by atoms with Crippen LogP contribution in [-0.2, 0) is 11.2 Å². The van der Waals surface area contributed by atoms with E-state index < -0.39 is 0 Å². The molecule has 4 heteroatoms. The van der Waals surface area contributed by atoms with Crippen molar-refractivity contribution in [3.05, 3.63) is 65.5 Å². The number of halogens is 1. The summed E-state index contributed by atoms with van der Waals surface area (Å²) in [6.07, 6.45) is 0.292. The van der Waals surface area contributed by atoms with Gasteiger partial charge in [-0.05, 0) is 47.7 Å². The van der Waals surface area contributed by atoms with Gasteiger partial charge in [0.1, 0.15) is 11.6 Å². The molecule has 0 aliphatic carbocycles. The van der Waals surface area contributed by atoms with Crippen molar-refractivity contribution in [2.45, 2.75) is 40.2 Å². The third kappa shape index (κ3) is 5.59. The molecule has 0 aliphatic heterocycles. The van der Waals surface area contributed by atoms with Crippen molar-refractivity contribution in [2.75, 3.05) is 6.61 Å². The van der Waals surface area contributed by atoms with Crippen LogP contribution < -0.4 is 10.1 Å². The van der Waals surface area contributed by atoms with E-state index in [1.54, 1.807) is 12.1 Å². The van der Waals surface area contributed by atoms with Gasteiger partial charge < -0.3 is 10.1 Å². The average Bonchev–Trinajstić information content (AvgIpc) is 2.55. The van der Waals surface area contributed by atoms with Crippen molar-refractivity contribution < 1.29 is 13.9 Å². The highest BCUT2D eigenvalue weighted by atomic mass is 19.1. The highest BCUT2D eigenvalue weighted by molar-refractivity contribution is 5.79. The van der Waals surface area contributed by atoms with Gasteiger partial charge in [-0.3, -0.25) is 4.79 Å². The van der Waals surface area contributed by atoms with E-state index in [1.807, 2.05) is 31.2 Å². The first-order valence-corrected chi connectivity index (χ1v) is 8.56. The van der Waals surface area contributed by atoms with Crippen LogP contribution in [0, 0.1) is 11.2 Å². The van der Waals surface area contributed by atoms with Gasteiger partial charge in [-0.2, -0.15) is 0 Å². The summed E-state index contributed by atoms with van der Waals surface area (Å²) in [6, 6.07) is 13.6. The molecular formula is C21H26FNO2. The number of benzene rings is 2. The standard InChI is InChI=1S/C21H26FNO2/c1-5-25-18-12-6-15(7-13-18)14-19(24)23-20(21(2,3)4)16-8-10-17(22)11-9-16/h6-13,20H,5,14H2,1-4H3,(H,23,24). The number of carbonyl (C=O) groups is 1. The van der Waals surface area contributed by atoms with Gasteiger partial charge in [0.25, 0.3) is 0 Å². The zero-order chi connectivity index (χ0) is 18.4. The molecule has 3 nitrogen and oxygen atoms in total. The first-order valence-electron chi connectivity index (χ1n) is 8.56.